The summed E-state index contributed by atoms with van der Waals surface area (Å²) in [7, 11) is 0. The van der Waals surface area contributed by atoms with Crippen molar-refractivity contribution in [1.82, 2.24) is 14.9 Å². The van der Waals surface area contributed by atoms with Gasteiger partial charge in [-0.05, 0) is 17.7 Å². The highest BCUT2D eigenvalue weighted by molar-refractivity contribution is 5.93. The Morgan fingerprint density at radius 1 is 1.04 bits per heavy atom. The van der Waals surface area contributed by atoms with Crippen molar-refractivity contribution in [2.45, 2.75) is 6.54 Å². The number of benzene rings is 2. The quantitative estimate of drug-likeness (QED) is 0.678. The second kappa shape index (κ2) is 6.83. The molecule has 0 aliphatic rings. The van der Waals surface area contributed by atoms with Crippen LogP contribution in [0.4, 0.5) is 0 Å². The first-order valence-corrected chi connectivity index (χ1v) is 7.44. The van der Waals surface area contributed by atoms with E-state index in [1.807, 2.05) is 54.6 Å². The monoisotopic (exact) mass is 303 g/mol. The molecule has 23 heavy (non-hydrogen) atoms. The van der Waals surface area contributed by atoms with Crippen molar-refractivity contribution in [1.29, 1.82) is 0 Å². The highest BCUT2D eigenvalue weighted by atomic mass is 16.2. The predicted molar refractivity (Wildman–Crippen MR) is 90.9 cm³/mol. The maximum Gasteiger partial charge on any atom is 0.274 e. The van der Waals surface area contributed by atoms with E-state index in [0.717, 1.165) is 16.6 Å². The molecule has 0 saturated heterocycles. The lowest BCUT2D eigenvalue weighted by molar-refractivity contribution is 0.0757. The summed E-state index contributed by atoms with van der Waals surface area (Å²) < 4.78 is 0. The number of hydrogen-bond donors (Lipinski definition) is 0. The third kappa shape index (κ3) is 3.43. The lowest BCUT2D eigenvalue weighted by Crippen LogP contribution is -2.31. The van der Waals surface area contributed by atoms with E-state index >= 15 is 0 Å². The fraction of sp³-hybridized carbons (Fsp3) is 0.105. The van der Waals surface area contributed by atoms with Gasteiger partial charge in [-0.1, -0.05) is 48.5 Å². The summed E-state index contributed by atoms with van der Waals surface area (Å²) in [6.45, 7) is 4.71. The first-order chi connectivity index (χ1) is 11.3. The zero-order valence-corrected chi connectivity index (χ0v) is 12.7. The molecule has 1 heterocycles. The molecule has 0 spiro atoms. The Kier molecular flexibility index (Phi) is 4.43. The Bertz CT molecular complexity index is 830. The average Bonchev–Trinajstić information content (AvgIpc) is 2.61. The summed E-state index contributed by atoms with van der Waals surface area (Å²) in [4.78, 5) is 23.2. The number of fused-ring (bicyclic) bond motifs is 1. The van der Waals surface area contributed by atoms with Crippen molar-refractivity contribution in [3.8, 4) is 0 Å². The molecule has 0 atom stereocenters. The predicted octanol–water partition coefficient (Wildman–Crippen LogP) is 3.46. The number of amides is 1. The zero-order chi connectivity index (χ0) is 16.1. The van der Waals surface area contributed by atoms with Crippen molar-refractivity contribution in [3.05, 3.63) is 84.7 Å². The van der Waals surface area contributed by atoms with Gasteiger partial charge < -0.3 is 4.90 Å². The van der Waals surface area contributed by atoms with E-state index < -0.39 is 0 Å². The van der Waals surface area contributed by atoms with Gasteiger partial charge in [0.05, 0.1) is 17.2 Å². The van der Waals surface area contributed by atoms with Crippen LogP contribution in [0.5, 0.6) is 0 Å². The van der Waals surface area contributed by atoms with E-state index in [1.165, 1.54) is 6.20 Å². The molecule has 0 bridgehead atoms. The van der Waals surface area contributed by atoms with Crippen molar-refractivity contribution in [2.75, 3.05) is 6.54 Å². The molecule has 1 aromatic heterocycles. The number of aromatic nitrogens is 2. The standard InChI is InChI=1S/C19H17N3O/c1-2-12-22(14-15-8-4-3-5-9-15)19(23)18-13-20-16-10-6-7-11-17(16)21-18/h2-11,13H,1,12,14H2. The van der Waals surface area contributed by atoms with Gasteiger partial charge in [0.1, 0.15) is 5.69 Å². The van der Waals surface area contributed by atoms with Crippen molar-refractivity contribution >= 4 is 16.9 Å². The van der Waals surface area contributed by atoms with Crippen molar-refractivity contribution in [2.24, 2.45) is 0 Å². The summed E-state index contributed by atoms with van der Waals surface area (Å²) >= 11 is 0. The van der Waals surface area contributed by atoms with Gasteiger partial charge in [0.2, 0.25) is 0 Å². The van der Waals surface area contributed by atoms with Crippen LogP contribution in [0.3, 0.4) is 0 Å². The SMILES string of the molecule is C=CCN(Cc1ccccc1)C(=O)c1cnc2ccccc2n1. The molecule has 0 saturated carbocycles. The first kappa shape index (κ1) is 14.9. The minimum Gasteiger partial charge on any atom is -0.329 e. The van der Waals surface area contributed by atoms with Crippen LogP contribution in [0.2, 0.25) is 0 Å². The van der Waals surface area contributed by atoms with Crippen molar-refractivity contribution in [3.63, 3.8) is 0 Å². The van der Waals surface area contributed by atoms with Crippen LogP contribution in [-0.2, 0) is 6.54 Å². The summed E-state index contributed by atoms with van der Waals surface area (Å²) in [6, 6.07) is 17.4. The summed E-state index contributed by atoms with van der Waals surface area (Å²) in [6.07, 6.45) is 3.25. The van der Waals surface area contributed by atoms with Crippen LogP contribution in [-0.4, -0.2) is 27.3 Å². The number of carbonyl (C=O) groups is 1. The molecule has 1 amide bonds. The fourth-order valence-electron chi connectivity index (χ4n) is 2.40. The van der Waals surface area contributed by atoms with E-state index in [0.29, 0.717) is 18.8 Å². The largest absolute Gasteiger partial charge is 0.329 e. The van der Waals surface area contributed by atoms with Gasteiger partial charge in [-0.3, -0.25) is 9.78 Å². The summed E-state index contributed by atoms with van der Waals surface area (Å²) in [5.74, 6) is -0.146. The molecular formula is C19H17N3O. The zero-order valence-electron chi connectivity index (χ0n) is 12.7. The molecule has 114 valence electrons. The van der Waals surface area contributed by atoms with Crippen LogP contribution < -0.4 is 0 Å². The van der Waals surface area contributed by atoms with Gasteiger partial charge in [-0.15, -0.1) is 6.58 Å². The molecule has 0 N–H and O–H groups in total. The van der Waals surface area contributed by atoms with E-state index in [9.17, 15) is 4.79 Å². The first-order valence-electron chi connectivity index (χ1n) is 7.44. The average molecular weight is 303 g/mol. The lowest BCUT2D eigenvalue weighted by Gasteiger charge is -2.20. The molecule has 0 aliphatic heterocycles. The Morgan fingerprint density at radius 2 is 1.74 bits per heavy atom. The van der Waals surface area contributed by atoms with Gasteiger partial charge >= 0.3 is 0 Å². The minimum absolute atomic E-state index is 0.146. The van der Waals surface area contributed by atoms with Crippen LogP contribution in [0, 0.1) is 0 Å². The molecule has 0 unspecified atom stereocenters. The third-order valence-electron chi connectivity index (χ3n) is 3.52. The second-order valence-electron chi connectivity index (χ2n) is 5.20. The van der Waals surface area contributed by atoms with Crippen LogP contribution in [0.1, 0.15) is 16.1 Å². The van der Waals surface area contributed by atoms with Gasteiger partial charge in [-0.2, -0.15) is 0 Å². The Morgan fingerprint density at radius 3 is 2.48 bits per heavy atom. The molecule has 4 heteroatoms. The van der Waals surface area contributed by atoms with E-state index in [1.54, 1.807) is 11.0 Å². The fourth-order valence-corrected chi connectivity index (χ4v) is 2.40. The van der Waals surface area contributed by atoms with E-state index in [4.69, 9.17) is 0 Å². The Hall–Kier alpha value is -3.01. The maximum absolute atomic E-state index is 12.8. The molecule has 4 nitrogen and oxygen atoms in total. The van der Waals surface area contributed by atoms with Crippen LogP contribution in [0.15, 0.2) is 73.4 Å². The number of carbonyl (C=O) groups excluding carboxylic acids is 1. The Balaban J connectivity index is 1.88. The molecule has 3 aromatic rings. The number of para-hydroxylation sites is 2. The highest BCUT2D eigenvalue weighted by Gasteiger charge is 2.17. The normalized spacial score (nSPS) is 10.4. The molecule has 0 radical (unpaired) electrons. The smallest absolute Gasteiger partial charge is 0.274 e. The molecule has 0 aliphatic carbocycles. The topological polar surface area (TPSA) is 46.1 Å². The van der Waals surface area contributed by atoms with Crippen LogP contribution >= 0.6 is 0 Å². The van der Waals surface area contributed by atoms with Gasteiger partial charge in [0.25, 0.3) is 5.91 Å². The van der Waals surface area contributed by atoms with Crippen LogP contribution in [0.25, 0.3) is 11.0 Å². The Labute approximate surface area is 135 Å². The minimum atomic E-state index is -0.146. The highest BCUT2D eigenvalue weighted by Crippen LogP contribution is 2.12. The van der Waals surface area contributed by atoms with E-state index in [2.05, 4.69) is 16.5 Å². The summed E-state index contributed by atoms with van der Waals surface area (Å²) in [5.41, 5.74) is 2.91. The third-order valence-corrected chi connectivity index (χ3v) is 3.52. The van der Waals surface area contributed by atoms with Crippen molar-refractivity contribution < 1.29 is 4.79 Å². The van der Waals surface area contributed by atoms with Gasteiger partial charge in [0.15, 0.2) is 0 Å². The second-order valence-corrected chi connectivity index (χ2v) is 5.20. The van der Waals surface area contributed by atoms with Gasteiger partial charge in [0, 0.05) is 13.1 Å². The molecular weight excluding hydrogens is 286 g/mol. The maximum atomic E-state index is 12.8. The molecule has 3 rings (SSSR count). The molecule has 0 fully saturated rings. The lowest BCUT2D eigenvalue weighted by atomic mass is 10.2. The van der Waals surface area contributed by atoms with E-state index in [-0.39, 0.29) is 5.91 Å². The number of nitrogens with zero attached hydrogens (tertiary/aromatic N) is 3. The number of rotatable bonds is 5. The van der Waals surface area contributed by atoms with Gasteiger partial charge in [-0.25, -0.2) is 4.98 Å². The molecule has 2 aromatic carbocycles. The summed E-state index contributed by atoms with van der Waals surface area (Å²) in [5, 5.41) is 0. The number of hydrogen-bond acceptors (Lipinski definition) is 3.